The highest BCUT2D eigenvalue weighted by Crippen LogP contribution is 2.10. The summed E-state index contributed by atoms with van der Waals surface area (Å²) in [4.78, 5) is 11.8. The van der Waals surface area contributed by atoms with Crippen LogP contribution in [0.25, 0.3) is 0 Å². The van der Waals surface area contributed by atoms with Gasteiger partial charge in [-0.05, 0) is 64.0 Å². The fraction of sp³-hybridized carbons (Fsp3) is 0.294. The summed E-state index contributed by atoms with van der Waals surface area (Å²) in [6.07, 6.45) is 7.78. The third-order valence-corrected chi connectivity index (χ3v) is 3.33. The molecule has 0 radical (unpaired) electrons. The second kappa shape index (κ2) is 9.29. The van der Waals surface area contributed by atoms with Gasteiger partial charge in [-0.15, -0.1) is 0 Å². The highest BCUT2D eigenvalue weighted by atomic mass is 79.9. The van der Waals surface area contributed by atoms with Crippen molar-refractivity contribution in [2.75, 3.05) is 0 Å². The van der Waals surface area contributed by atoms with Crippen LogP contribution in [0.3, 0.4) is 0 Å². The van der Waals surface area contributed by atoms with Crippen molar-refractivity contribution < 1.29 is 4.79 Å². The zero-order valence-corrected chi connectivity index (χ0v) is 14.3. The van der Waals surface area contributed by atoms with Crippen molar-refractivity contribution in [3.05, 3.63) is 57.6 Å². The zero-order chi connectivity index (χ0) is 15.7. The van der Waals surface area contributed by atoms with Crippen molar-refractivity contribution >= 4 is 28.1 Å². The molecule has 3 nitrogen and oxygen atoms in total. The molecule has 112 valence electrons. The SMILES string of the molecule is CC(C)=CCCC(C)=CC=NNC(=O)c1ccc(Br)cc1. The third kappa shape index (κ3) is 7.61. The summed E-state index contributed by atoms with van der Waals surface area (Å²) in [6, 6.07) is 7.14. The van der Waals surface area contributed by atoms with Crippen LogP contribution in [-0.4, -0.2) is 12.1 Å². The Morgan fingerprint density at radius 3 is 2.52 bits per heavy atom. The summed E-state index contributed by atoms with van der Waals surface area (Å²) in [6.45, 7) is 6.25. The summed E-state index contributed by atoms with van der Waals surface area (Å²) in [5.41, 5.74) is 5.65. The van der Waals surface area contributed by atoms with E-state index in [2.05, 4.69) is 53.3 Å². The van der Waals surface area contributed by atoms with Gasteiger partial charge in [0, 0.05) is 16.3 Å². The van der Waals surface area contributed by atoms with E-state index >= 15 is 0 Å². The number of hydrogen-bond acceptors (Lipinski definition) is 2. The number of hydrazone groups is 1. The fourth-order valence-electron chi connectivity index (χ4n) is 1.60. The summed E-state index contributed by atoms with van der Waals surface area (Å²) in [7, 11) is 0. The molecule has 0 saturated heterocycles. The van der Waals surface area contributed by atoms with Crippen molar-refractivity contribution in [2.45, 2.75) is 33.6 Å². The van der Waals surface area contributed by atoms with Gasteiger partial charge >= 0.3 is 0 Å². The molecule has 0 heterocycles. The Morgan fingerprint density at radius 2 is 1.90 bits per heavy atom. The monoisotopic (exact) mass is 348 g/mol. The summed E-state index contributed by atoms with van der Waals surface area (Å²) < 4.78 is 0.942. The predicted molar refractivity (Wildman–Crippen MR) is 92.5 cm³/mol. The first kappa shape index (κ1) is 17.4. The minimum absolute atomic E-state index is 0.214. The maximum absolute atomic E-state index is 11.8. The third-order valence-electron chi connectivity index (χ3n) is 2.80. The average molecular weight is 349 g/mol. The molecular weight excluding hydrogens is 328 g/mol. The van der Waals surface area contributed by atoms with E-state index < -0.39 is 0 Å². The van der Waals surface area contributed by atoms with Gasteiger partial charge in [-0.1, -0.05) is 33.2 Å². The topological polar surface area (TPSA) is 41.5 Å². The Balaban J connectivity index is 2.41. The van der Waals surface area contributed by atoms with Crippen LogP contribution in [0.4, 0.5) is 0 Å². The lowest BCUT2D eigenvalue weighted by atomic mass is 10.1. The molecule has 1 aromatic carbocycles. The van der Waals surface area contributed by atoms with Crippen LogP contribution in [0.15, 0.2) is 57.1 Å². The molecule has 1 N–H and O–H groups in total. The summed E-state index contributed by atoms with van der Waals surface area (Å²) in [5.74, 6) is -0.214. The number of nitrogens with zero attached hydrogens (tertiary/aromatic N) is 1. The van der Waals surface area contributed by atoms with Gasteiger partial charge in [0.2, 0.25) is 0 Å². The number of nitrogens with one attached hydrogen (secondary N) is 1. The van der Waals surface area contributed by atoms with Gasteiger partial charge in [-0.3, -0.25) is 4.79 Å². The number of amides is 1. The molecule has 0 aliphatic heterocycles. The lowest BCUT2D eigenvalue weighted by Gasteiger charge is -1.99. The van der Waals surface area contributed by atoms with Gasteiger partial charge in [-0.2, -0.15) is 5.10 Å². The van der Waals surface area contributed by atoms with E-state index in [-0.39, 0.29) is 5.91 Å². The van der Waals surface area contributed by atoms with Crippen LogP contribution in [-0.2, 0) is 0 Å². The molecule has 0 bridgehead atoms. The second-order valence-electron chi connectivity index (χ2n) is 5.06. The largest absolute Gasteiger partial charge is 0.271 e. The Morgan fingerprint density at radius 1 is 1.24 bits per heavy atom. The van der Waals surface area contributed by atoms with Crippen LogP contribution in [0, 0.1) is 0 Å². The van der Waals surface area contributed by atoms with Gasteiger partial charge in [0.05, 0.1) is 0 Å². The van der Waals surface area contributed by atoms with Gasteiger partial charge in [0.1, 0.15) is 0 Å². The van der Waals surface area contributed by atoms with Gasteiger partial charge in [-0.25, -0.2) is 5.43 Å². The van der Waals surface area contributed by atoms with Crippen LogP contribution in [0.5, 0.6) is 0 Å². The highest BCUT2D eigenvalue weighted by Gasteiger charge is 2.02. The van der Waals surface area contributed by atoms with E-state index in [1.54, 1.807) is 18.3 Å². The predicted octanol–water partition coefficient (Wildman–Crippen LogP) is 4.86. The van der Waals surface area contributed by atoms with Gasteiger partial charge < -0.3 is 0 Å². The minimum Gasteiger partial charge on any atom is -0.267 e. The van der Waals surface area contributed by atoms with E-state index in [1.807, 2.05) is 18.2 Å². The Bertz CT molecular complexity index is 553. The van der Waals surface area contributed by atoms with E-state index in [0.717, 1.165) is 17.3 Å². The first-order valence-corrected chi connectivity index (χ1v) is 7.66. The van der Waals surface area contributed by atoms with E-state index in [9.17, 15) is 4.79 Å². The van der Waals surface area contributed by atoms with E-state index in [4.69, 9.17) is 0 Å². The lowest BCUT2D eigenvalue weighted by molar-refractivity contribution is 0.0955. The minimum atomic E-state index is -0.214. The Kier molecular flexibility index (Phi) is 7.69. The van der Waals surface area contributed by atoms with Crippen LogP contribution in [0.2, 0.25) is 0 Å². The first-order chi connectivity index (χ1) is 9.99. The van der Waals surface area contributed by atoms with Crippen LogP contribution in [0.1, 0.15) is 44.0 Å². The molecule has 4 heteroatoms. The van der Waals surface area contributed by atoms with Crippen molar-refractivity contribution in [3.63, 3.8) is 0 Å². The standard InChI is InChI=1S/C17H21BrN2O/c1-13(2)5-4-6-14(3)11-12-19-20-17(21)15-7-9-16(18)10-8-15/h5,7-12H,4,6H2,1-3H3,(H,20,21). The molecule has 0 fully saturated rings. The molecule has 0 aliphatic carbocycles. The summed E-state index contributed by atoms with van der Waals surface area (Å²) >= 11 is 3.33. The molecule has 0 atom stereocenters. The molecule has 1 amide bonds. The van der Waals surface area contributed by atoms with Crippen molar-refractivity contribution in [3.8, 4) is 0 Å². The molecular formula is C17H21BrN2O. The number of carbonyl (C=O) groups is 1. The lowest BCUT2D eigenvalue weighted by Crippen LogP contribution is -2.17. The molecule has 1 aromatic rings. The maximum atomic E-state index is 11.8. The molecule has 0 aliphatic rings. The second-order valence-corrected chi connectivity index (χ2v) is 5.97. The van der Waals surface area contributed by atoms with Crippen molar-refractivity contribution in [1.29, 1.82) is 0 Å². The normalized spacial score (nSPS) is 11.5. The smallest absolute Gasteiger partial charge is 0.267 e. The average Bonchev–Trinajstić information content (AvgIpc) is 2.43. The van der Waals surface area contributed by atoms with E-state index in [0.29, 0.717) is 5.56 Å². The molecule has 1 rings (SSSR count). The summed E-state index contributed by atoms with van der Waals surface area (Å²) in [5, 5.41) is 3.93. The first-order valence-electron chi connectivity index (χ1n) is 6.87. The molecule has 0 saturated carbocycles. The molecule has 0 unspecified atom stereocenters. The molecule has 0 aromatic heterocycles. The van der Waals surface area contributed by atoms with Crippen LogP contribution < -0.4 is 5.43 Å². The number of hydrogen-bond donors (Lipinski definition) is 1. The Labute approximate surface area is 135 Å². The number of allylic oxidation sites excluding steroid dienone is 4. The van der Waals surface area contributed by atoms with E-state index in [1.165, 1.54) is 11.1 Å². The molecule has 21 heavy (non-hydrogen) atoms. The van der Waals surface area contributed by atoms with Crippen molar-refractivity contribution in [1.82, 2.24) is 5.43 Å². The Hall–Kier alpha value is -1.68. The zero-order valence-electron chi connectivity index (χ0n) is 12.7. The highest BCUT2D eigenvalue weighted by molar-refractivity contribution is 9.10. The number of benzene rings is 1. The maximum Gasteiger partial charge on any atom is 0.271 e. The quantitative estimate of drug-likeness (QED) is 0.445. The number of rotatable bonds is 6. The number of halogens is 1. The van der Waals surface area contributed by atoms with Crippen molar-refractivity contribution in [2.24, 2.45) is 5.10 Å². The fourth-order valence-corrected chi connectivity index (χ4v) is 1.86. The molecule has 0 spiro atoms. The van der Waals surface area contributed by atoms with Gasteiger partial charge in [0.15, 0.2) is 0 Å². The number of carbonyl (C=O) groups excluding carboxylic acids is 1. The van der Waals surface area contributed by atoms with Crippen LogP contribution >= 0.6 is 15.9 Å². The van der Waals surface area contributed by atoms with Gasteiger partial charge in [0.25, 0.3) is 5.91 Å².